The van der Waals surface area contributed by atoms with Crippen molar-refractivity contribution in [2.24, 2.45) is 39.5 Å². The first-order chi connectivity index (χ1) is 14.9. The number of aliphatic hydroxyl groups excluding tert-OH is 1. The number of hydrogen-bond acceptors (Lipinski definition) is 4. The maximum atomic E-state index is 10.8. The molecule has 0 aromatic heterocycles. The van der Waals surface area contributed by atoms with Crippen LogP contribution in [0.2, 0.25) is 0 Å². The van der Waals surface area contributed by atoms with Crippen LogP contribution in [0.25, 0.3) is 0 Å². The lowest BCUT2D eigenvalue weighted by Crippen LogP contribution is -2.53. The predicted molar refractivity (Wildman–Crippen MR) is 130 cm³/mol. The summed E-state index contributed by atoms with van der Waals surface area (Å²) in [5, 5.41) is 31.9. The fourth-order valence-corrected chi connectivity index (χ4v) is 7.60. The third-order valence-corrected chi connectivity index (χ3v) is 10.00. The van der Waals surface area contributed by atoms with Crippen LogP contribution in [0.3, 0.4) is 0 Å². The predicted octanol–water partition coefficient (Wildman–Crippen LogP) is 5.77. The fourth-order valence-electron chi connectivity index (χ4n) is 7.60. The molecule has 0 aromatic carbocycles. The minimum Gasteiger partial charge on any atom is -0.393 e. The van der Waals surface area contributed by atoms with Crippen molar-refractivity contribution in [2.75, 3.05) is 0 Å². The second-order valence-corrected chi connectivity index (χ2v) is 12.3. The van der Waals surface area contributed by atoms with Gasteiger partial charge in [0.05, 0.1) is 11.8 Å². The second-order valence-electron chi connectivity index (χ2n) is 12.3. The van der Waals surface area contributed by atoms with E-state index in [2.05, 4.69) is 46.2 Å². The Morgan fingerprint density at radius 1 is 1.09 bits per heavy atom. The van der Waals surface area contributed by atoms with Crippen molar-refractivity contribution in [3.05, 3.63) is 23.3 Å². The Morgan fingerprint density at radius 2 is 1.81 bits per heavy atom. The lowest BCUT2D eigenvalue weighted by Gasteiger charge is -2.56. The maximum absolute atomic E-state index is 10.8. The van der Waals surface area contributed by atoms with Crippen molar-refractivity contribution in [1.82, 2.24) is 0 Å². The number of rotatable bonds is 5. The van der Waals surface area contributed by atoms with E-state index >= 15 is 0 Å². The van der Waals surface area contributed by atoms with Crippen molar-refractivity contribution in [1.29, 1.82) is 0 Å². The number of aliphatic hydroxyl groups is 3. The van der Waals surface area contributed by atoms with Crippen LogP contribution in [-0.4, -0.2) is 33.0 Å². The molecule has 0 spiro atoms. The Bertz CT molecular complexity index is 825. The molecule has 4 nitrogen and oxygen atoms in total. The molecule has 4 aliphatic rings. The van der Waals surface area contributed by atoms with Gasteiger partial charge in [-0.05, 0) is 92.4 Å². The Kier molecular flexibility index (Phi) is 6.31. The molecule has 6 atom stereocenters. The molecule has 3 N–H and O–H groups in total. The molecule has 0 amide bonds. The van der Waals surface area contributed by atoms with Crippen molar-refractivity contribution >= 4 is 5.71 Å². The number of fused-ring (bicyclic) bond motifs is 4. The highest BCUT2D eigenvalue weighted by molar-refractivity contribution is 6.06. The van der Waals surface area contributed by atoms with Crippen molar-refractivity contribution in [2.45, 2.75) is 111 Å². The van der Waals surface area contributed by atoms with E-state index in [-0.39, 0.29) is 22.9 Å². The molecule has 0 saturated heterocycles. The summed E-state index contributed by atoms with van der Waals surface area (Å²) in [5.74, 6) is -0.387. The number of hydrogen-bond donors (Lipinski definition) is 3. The van der Waals surface area contributed by atoms with E-state index in [9.17, 15) is 15.3 Å². The summed E-state index contributed by atoms with van der Waals surface area (Å²) in [7, 11) is 0. The molecule has 1 heterocycles. The van der Waals surface area contributed by atoms with Gasteiger partial charge in [0.15, 0.2) is 0 Å². The molecule has 6 unspecified atom stereocenters. The SMILES string of the molecule is C=C(CCC(C)C1CC(O)(O)N=C2C3=C(CCC21C)C1(C)CCC(O)CC1CC3)C(C)C. The lowest BCUT2D eigenvalue weighted by molar-refractivity contribution is -0.183. The molecule has 3 aliphatic carbocycles. The van der Waals surface area contributed by atoms with Crippen LogP contribution in [-0.2, 0) is 0 Å². The normalized spacial score (nSPS) is 39.7. The minimum atomic E-state index is -1.97. The molecule has 32 heavy (non-hydrogen) atoms. The van der Waals surface area contributed by atoms with E-state index in [4.69, 9.17) is 0 Å². The summed E-state index contributed by atoms with van der Waals surface area (Å²) in [4.78, 5) is 4.64. The number of aliphatic imine (C=N–C) groups is 1. The Morgan fingerprint density at radius 3 is 2.50 bits per heavy atom. The van der Waals surface area contributed by atoms with Crippen molar-refractivity contribution in [3.63, 3.8) is 0 Å². The van der Waals surface area contributed by atoms with Gasteiger partial charge in [0.2, 0.25) is 0 Å². The molecule has 1 aliphatic heterocycles. The van der Waals surface area contributed by atoms with Gasteiger partial charge in [-0.3, -0.25) is 0 Å². The average Bonchev–Trinajstić information content (AvgIpc) is 2.71. The summed E-state index contributed by atoms with van der Waals surface area (Å²) < 4.78 is 0. The lowest BCUT2D eigenvalue weighted by atomic mass is 9.50. The number of nitrogens with zero attached hydrogens (tertiary/aromatic N) is 1. The van der Waals surface area contributed by atoms with Crippen molar-refractivity contribution < 1.29 is 15.3 Å². The minimum absolute atomic E-state index is 0.107. The van der Waals surface area contributed by atoms with Crippen LogP contribution in [0.1, 0.15) is 98.8 Å². The van der Waals surface area contributed by atoms with E-state index in [0.717, 1.165) is 63.5 Å². The van der Waals surface area contributed by atoms with Crippen LogP contribution < -0.4 is 0 Å². The van der Waals surface area contributed by atoms with Gasteiger partial charge in [-0.25, -0.2) is 4.99 Å². The molecular formula is C28H45NO3. The second kappa shape index (κ2) is 8.36. The topological polar surface area (TPSA) is 73.0 Å². The first-order valence-corrected chi connectivity index (χ1v) is 13.0. The summed E-state index contributed by atoms with van der Waals surface area (Å²) in [6.07, 6.45) is 9.13. The van der Waals surface area contributed by atoms with E-state index in [1.54, 1.807) is 0 Å². The highest BCUT2D eigenvalue weighted by Gasteiger charge is 2.55. The Balaban J connectivity index is 1.67. The molecule has 4 rings (SSSR count). The molecule has 180 valence electrons. The van der Waals surface area contributed by atoms with Crippen LogP contribution in [0, 0.1) is 34.5 Å². The van der Waals surface area contributed by atoms with Gasteiger partial charge in [-0.2, -0.15) is 0 Å². The van der Waals surface area contributed by atoms with Gasteiger partial charge in [0.1, 0.15) is 0 Å². The summed E-state index contributed by atoms with van der Waals surface area (Å²) in [5.41, 5.74) is 5.12. The van der Waals surface area contributed by atoms with Crippen molar-refractivity contribution in [3.8, 4) is 0 Å². The highest BCUT2D eigenvalue weighted by atomic mass is 16.5. The number of allylic oxidation sites excluding steroid dienone is 3. The fraction of sp³-hybridized carbons (Fsp3) is 0.821. The van der Waals surface area contributed by atoms with Crippen LogP contribution in [0.5, 0.6) is 0 Å². The molecular weight excluding hydrogens is 398 g/mol. The Labute approximate surface area is 194 Å². The van der Waals surface area contributed by atoms with Gasteiger partial charge >= 0.3 is 0 Å². The zero-order valence-corrected chi connectivity index (χ0v) is 21.0. The van der Waals surface area contributed by atoms with Gasteiger partial charge in [-0.1, -0.05) is 52.3 Å². The first-order valence-electron chi connectivity index (χ1n) is 13.0. The highest BCUT2D eigenvalue weighted by Crippen LogP contribution is 2.61. The molecule has 0 bridgehead atoms. The smallest absolute Gasteiger partial charge is 0.264 e. The van der Waals surface area contributed by atoms with Crippen LogP contribution in [0.4, 0.5) is 0 Å². The Hall–Kier alpha value is -0.970. The molecule has 0 radical (unpaired) electrons. The molecule has 1 saturated carbocycles. The first kappa shape index (κ1) is 24.2. The average molecular weight is 444 g/mol. The third kappa shape index (κ3) is 4.05. The third-order valence-electron chi connectivity index (χ3n) is 10.00. The van der Waals surface area contributed by atoms with Crippen LogP contribution >= 0.6 is 0 Å². The van der Waals surface area contributed by atoms with Gasteiger partial charge in [-0.15, -0.1) is 0 Å². The zero-order valence-electron chi connectivity index (χ0n) is 21.0. The van der Waals surface area contributed by atoms with E-state index in [1.807, 2.05) is 0 Å². The van der Waals surface area contributed by atoms with Gasteiger partial charge < -0.3 is 15.3 Å². The molecule has 0 aromatic rings. The summed E-state index contributed by atoms with van der Waals surface area (Å²) >= 11 is 0. The summed E-state index contributed by atoms with van der Waals surface area (Å²) in [6, 6.07) is 0. The van der Waals surface area contributed by atoms with E-state index < -0.39 is 5.91 Å². The largest absolute Gasteiger partial charge is 0.393 e. The standard InChI is InChI=1S/C28H45NO3/c1-17(2)18(3)7-8-19(4)24-16-28(31,32)29-25-22-10-9-20-15-21(30)11-13-26(20,5)23(22)12-14-27(24,25)6/h17,19-21,24,30-32H,3,7-16H2,1-2,4-6H3. The monoisotopic (exact) mass is 443 g/mol. The summed E-state index contributed by atoms with van der Waals surface area (Å²) in [6.45, 7) is 15.7. The quantitative estimate of drug-likeness (QED) is 0.373. The van der Waals surface area contributed by atoms with E-state index in [0.29, 0.717) is 24.2 Å². The van der Waals surface area contributed by atoms with Gasteiger partial charge in [0.25, 0.3) is 5.91 Å². The maximum Gasteiger partial charge on any atom is 0.264 e. The molecule has 4 heteroatoms. The van der Waals surface area contributed by atoms with Crippen LogP contribution in [0.15, 0.2) is 28.3 Å². The van der Waals surface area contributed by atoms with E-state index in [1.165, 1.54) is 16.7 Å². The molecule has 1 fully saturated rings. The van der Waals surface area contributed by atoms with Gasteiger partial charge in [0, 0.05) is 11.8 Å². The zero-order chi connectivity index (χ0) is 23.5.